The Balaban J connectivity index is 1.59. The van der Waals surface area contributed by atoms with Crippen LogP contribution in [0.3, 0.4) is 0 Å². The van der Waals surface area contributed by atoms with Crippen LogP contribution in [0.25, 0.3) is 11.0 Å². The molecule has 6 nitrogen and oxygen atoms in total. The van der Waals surface area contributed by atoms with E-state index in [1.54, 1.807) is 28.8 Å². The molecule has 0 saturated carbocycles. The van der Waals surface area contributed by atoms with Crippen LogP contribution in [0.15, 0.2) is 41.2 Å². The van der Waals surface area contributed by atoms with Gasteiger partial charge in [0.25, 0.3) is 0 Å². The summed E-state index contributed by atoms with van der Waals surface area (Å²) in [5.41, 5.74) is 2.67. The molecule has 0 radical (unpaired) electrons. The second-order valence-electron chi connectivity index (χ2n) is 6.94. The maximum Gasteiger partial charge on any atom is 0.337 e. The van der Waals surface area contributed by atoms with Crippen LogP contribution < -0.4 is 5.69 Å². The number of aromatic amines is 1. The summed E-state index contributed by atoms with van der Waals surface area (Å²) < 4.78 is 6.54. The summed E-state index contributed by atoms with van der Waals surface area (Å²) in [6.45, 7) is 2.25. The maximum atomic E-state index is 12.6. The van der Waals surface area contributed by atoms with Crippen molar-refractivity contribution in [2.75, 3.05) is 20.2 Å². The monoisotopic (exact) mass is 419 g/mol. The zero-order valence-electron chi connectivity index (χ0n) is 15.2. The van der Waals surface area contributed by atoms with Crippen molar-refractivity contribution >= 4 is 40.2 Å². The quantitative estimate of drug-likeness (QED) is 0.651. The Labute approximate surface area is 171 Å². The molecule has 2 aromatic carbocycles. The van der Waals surface area contributed by atoms with Crippen molar-refractivity contribution in [1.82, 2.24) is 14.5 Å². The van der Waals surface area contributed by atoms with Gasteiger partial charge in [0, 0.05) is 29.7 Å². The second kappa shape index (κ2) is 7.62. The number of nitrogens with zero attached hydrogens (tertiary/aromatic N) is 2. The molecule has 1 aliphatic heterocycles. The molecule has 1 aliphatic rings. The van der Waals surface area contributed by atoms with E-state index in [0.717, 1.165) is 18.5 Å². The van der Waals surface area contributed by atoms with Gasteiger partial charge in [0.2, 0.25) is 0 Å². The van der Waals surface area contributed by atoms with Gasteiger partial charge in [-0.2, -0.15) is 0 Å². The Morgan fingerprint density at radius 1 is 1.25 bits per heavy atom. The first-order valence-corrected chi connectivity index (χ1v) is 9.70. The van der Waals surface area contributed by atoms with Gasteiger partial charge < -0.3 is 9.72 Å². The smallest absolute Gasteiger partial charge is 0.337 e. The van der Waals surface area contributed by atoms with Gasteiger partial charge in [-0.15, -0.1) is 0 Å². The number of nitrogens with one attached hydrogen (secondary N) is 1. The highest BCUT2D eigenvalue weighted by molar-refractivity contribution is 6.35. The van der Waals surface area contributed by atoms with E-state index in [-0.39, 0.29) is 11.7 Å². The first kappa shape index (κ1) is 19.1. The van der Waals surface area contributed by atoms with E-state index >= 15 is 0 Å². The number of H-pyrrole nitrogens is 1. The molecular weight excluding hydrogens is 401 g/mol. The number of halogens is 2. The zero-order valence-corrected chi connectivity index (χ0v) is 16.8. The summed E-state index contributed by atoms with van der Waals surface area (Å²) in [5, 5.41) is 1.25. The lowest BCUT2D eigenvalue weighted by molar-refractivity contribution is 0.0601. The number of aromatic nitrogens is 2. The number of hydrogen-bond donors (Lipinski definition) is 1. The van der Waals surface area contributed by atoms with Gasteiger partial charge in [0.1, 0.15) is 0 Å². The minimum Gasteiger partial charge on any atom is -0.465 e. The fourth-order valence-electron chi connectivity index (χ4n) is 3.79. The summed E-state index contributed by atoms with van der Waals surface area (Å²) in [7, 11) is 1.34. The fourth-order valence-corrected chi connectivity index (χ4v) is 4.25. The van der Waals surface area contributed by atoms with E-state index in [4.69, 9.17) is 27.9 Å². The lowest BCUT2D eigenvalue weighted by Gasteiger charge is -2.17. The molecule has 0 aliphatic carbocycles. The lowest BCUT2D eigenvalue weighted by Crippen LogP contribution is -2.26. The molecule has 0 amide bonds. The first-order chi connectivity index (χ1) is 13.5. The molecule has 1 aromatic heterocycles. The van der Waals surface area contributed by atoms with Gasteiger partial charge in [-0.25, -0.2) is 9.59 Å². The molecule has 0 spiro atoms. The van der Waals surface area contributed by atoms with Crippen LogP contribution in [-0.4, -0.2) is 40.6 Å². The van der Waals surface area contributed by atoms with Crippen LogP contribution in [0, 0.1) is 0 Å². The number of fused-ring (bicyclic) bond motifs is 1. The summed E-state index contributed by atoms with van der Waals surface area (Å²) in [4.78, 5) is 29.6. The van der Waals surface area contributed by atoms with Crippen LogP contribution in [-0.2, 0) is 11.3 Å². The van der Waals surface area contributed by atoms with Gasteiger partial charge in [-0.3, -0.25) is 9.47 Å². The molecule has 0 bridgehead atoms. The average molecular weight is 420 g/mol. The van der Waals surface area contributed by atoms with Crippen molar-refractivity contribution in [1.29, 1.82) is 0 Å². The average Bonchev–Trinajstić information content (AvgIpc) is 3.25. The highest BCUT2D eigenvalue weighted by Gasteiger charge is 2.27. The fraction of sp³-hybridized carbons (Fsp3) is 0.300. The van der Waals surface area contributed by atoms with Gasteiger partial charge in [-0.05, 0) is 42.3 Å². The molecule has 1 saturated heterocycles. The SMILES string of the molecule is COC(=O)c1ccc2[nH]c(=O)n([C@H]3CCN(Cc4ccc(Cl)cc4Cl)C3)c2c1. The minimum atomic E-state index is -0.424. The molecule has 28 heavy (non-hydrogen) atoms. The highest BCUT2D eigenvalue weighted by atomic mass is 35.5. The molecule has 146 valence electrons. The normalized spacial score (nSPS) is 17.3. The van der Waals surface area contributed by atoms with Crippen molar-refractivity contribution in [3.8, 4) is 0 Å². The summed E-state index contributed by atoms with van der Waals surface area (Å²) >= 11 is 12.3. The van der Waals surface area contributed by atoms with Crippen LogP contribution in [0.5, 0.6) is 0 Å². The van der Waals surface area contributed by atoms with Crippen LogP contribution in [0.4, 0.5) is 0 Å². The van der Waals surface area contributed by atoms with E-state index in [2.05, 4.69) is 9.88 Å². The number of benzene rings is 2. The van der Waals surface area contributed by atoms with Crippen molar-refractivity contribution in [3.63, 3.8) is 0 Å². The van der Waals surface area contributed by atoms with Gasteiger partial charge in [-0.1, -0.05) is 29.3 Å². The van der Waals surface area contributed by atoms with E-state index in [0.29, 0.717) is 39.7 Å². The predicted molar refractivity (Wildman–Crippen MR) is 109 cm³/mol. The second-order valence-corrected chi connectivity index (χ2v) is 7.78. The molecule has 4 rings (SSSR count). The van der Waals surface area contributed by atoms with E-state index in [9.17, 15) is 9.59 Å². The number of methoxy groups -OCH3 is 1. The van der Waals surface area contributed by atoms with Crippen molar-refractivity contribution in [3.05, 3.63) is 68.1 Å². The Morgan fingerprint density at radius 2 is 2.07 bits per heavy atom. The molecule has 3 aromatic rings. The Bertz CT molecular complexity index is 1110. The number of imidazole rings is 1. The third-order valence-electron chi connectivity index (χ3n) is 5.16. The van der Waals surface area contributed by atoms with E-state index < -0.39 is 5.97 Å². The predicted octanol–water partition coefficient (Wildman–Crippen LogP) is 3.87. The number of rotatable bonds is 4. The third kappa shape index (κ3) is 3.55. The number of carbonyl (C=O) groups excluding carboxylic acids is 1. The zero-order chi connectivity index (χ0) is 19.8. The minimum absolute atomic E-state index is 0.0141. The van der Waals surface area contributed by atoms with Crippen molar-refractivity contribution < 1.29 is 9.53 Å². The third-order valence-corrected chi connectivity index (χ3v) is 5.75. The standard InChI is InChI=1S/C20H19Cl2N3O3/c1-28-19(26)12-3-5-17-18(8-12)25(20(27)23-17)15-6-7-24(11-15)10-13-2-4-14(21)9-16(13)22/h2-5,8-9,15H,6-7,10-11H2,1H3,(H,23,27)/t15-/m0/s1. The number of ether oxygens (including phenoxy) is 1. The van der Waals surface area contributed by atoms with E-state index in [1.807, 2.05) is 12.1 Å². The Hall–Kier alpha value is -2.28. The molecule has 0 unspecified atom stereocenters. The lowest BCUT2D eigenvalue weighted by atomic mass is 10.2. The maximum absolute atomic E-state index is 12.6. The number of likely N-dealkylation sites (tertiary alicyclic amines) is 1. The summed E-state index contributed by atoms with van der Waals surface area (Å²) in [6.07, 6.45) is 0.834. The van der Waals surface area contributed by atoms with Gasteiger partial charge in [0.05, 0.1) is 29.7 Å². The highest BCUT2D eigenvalue weighted by Crippen LogP contribution is 2.28. The van der Waals surface area contributed by atoms with E-state index in [1.165, 1.54) is 7.11 Å². The van der Waals surface area contributed by atoms with Crippen LogP contribution in [0.2, 0.25) is 10.0 Å². The molecule has 2 heterocycles. The number of carbonyl (C=O) groups is 1. The van der Waals surface area contributed by atoms with Crippen molar-refractivity contribution in [2.24, 2.45) is 0 Å². The Kier molecular flexibility index (Phi) is 5.19. The van der Waals surface area contributed by atoms with Crippen LogP contribution >= 0.6 is 23.2 Å². The molecule has 8 heteroatoms. The van der Waals surface area contributed by atoms with Crippen LogP contribution in [0.1, 0.15) is 28.4 Å². The molecule has 1 N–H and O–H groups in total. The Morgan fingerprint density at radius 3 is 2.82 bits per heavy atom. The largest absolute Gasteiger partial charge is 0.465 e. The van der Waals surface area contributed by atoms with Gasteiger partial charge >= 0.3 is 11.7 Å². The summed E-state index contributed by atoms with van der Waals surface area (Å²) in [5.74, 6) is -0.424. The molecule has 1 atom stereocenters. The number of esters is 1. The van der Waals surface area contributed by atoms with Crippen molar-refractivity contribution in [2.45, 2.75) is 19.0 Å². The van der Waals surface area contributed by atoms with Gasteiger partial charge in [0.15, 0.2) is 0 Å². The summed E-state index contributed by atoms with van der Waals surface area (Å²) in [6, 6.07) is 10.6. The topological polar surface area (TPSA) is 67.3 Å². The molecular formula is C20H19Cl2N3O3. The molecule has 1 fully saturated rings. The number of hydrogen-bond acceptors (Lipinski definition) is 4. The first-order valence-electron chi connectivity index (χ1n) is 8.95.